The van der Waals surface area contributed by atoms with E-state index in [1.165, 1.54) is 5.57 Å². The second-order valence-corrected chi connectivity index (χ2v) is 9.29. The van der Waals surface area contributed by atoms with E-state index in [0.29, 0.717) is 25.2 Å². The minimum Gasteiger partial charge on any atom is -0.396 e. The van der Waals surface area contributed by atoms with Gasteiger partial charge in [0.1, 0.15) is 0 Å². The van der Waals surface area contributed by atoms with Crippen molar-refractivity contribution in [2.75, 3.05) is 6.61 Å². The Kier molecular flexibility index (Phi) is 4.44. The molecule has 3 aliphatic carbocycles. The fraction of sp³-hybridized carbons (Fsp3) is 0.900. The zero-order valence-corrected chi connectivity index (χ0v) is 15.5. The lowest BCUT2D eigenvalue weighted by Crippen LogP contribution is -2.65. The van der Waals surface area contributed by atoms with E-state index in [0.717, 1.165) is 12.8 Å². The molecular weight excluding hydrogens is 304 g/mol. The van der Waals surface area contributed by atoms with Gasteiger partial charge >= 0.3 is 0 Å². The van der Waals surface area contributed by atoms with E-state index in [2.05, 4.69) is 20.8 Å². The molecule has 24 heavy (non-hydrogen) atoms. The number of allylic oxidation sites excluding steroid dienone is 1. The molecule has 0 aromatic heterocycles. The van der Waals surface area contributed by atoms with Crippen LogP contribution in [0.4, 0.5) is 0 Å². The van der Waals surface area contributed by atoms with Crippen molar-refractivity contribution in [1.29, 1.82) is 0 Å². The van der Waals surface area contributed by atoms with Crippen LogP contribution in [0.5, 0.6) is 0 Å². The molecule has 8 atom stereocenters. The number of hydrogen-bond donors (Lipinski definition) is 4. The lowest BCUT2D eigenvalue weighted by Gasteiger charge is -2.63. The monoisotopic (exact) mass is 338 g/mol. The van der Waals surface area contributed by atoms with Gasteiger partial charge in [0.15, 0.2) is 0 Å². The van der Waals surface area contributed by atoms with Gasteiger partial charge in [0.2, 0.25) is 0 Å². The predicted octanol–water partition coefficient (Wildman–Crippen LogP) is 2.25. The third-order valence-electron chi connectivity index (χ3n) is 8.07. The maximum atomic E-state index is 11.0. The SMILES string of the molecule is C[C@@H]1CC[C@H]2C(=C[C@H](O)[C@H]3[C@]2(C)[C@H](O)CC[C@]3(C)O)[C@@]1(C)CCO. The predicted molar refractivity (Wildman–Crippen MR) is 93.2 cm³/mol. The molecule has 4 nitrogen and oxygen atoms in total. The Labute approximate surface area is 145 Å². The van der Waals surface area contributed by atoms with Crippen LogP contribution in [0.3, 0.4) is 0 Å². The van der Waals surface area contributed by atoms with Crippen LogP contribution in [0.2, 0.25) is 0 Å². The van der Waals surface area contributed by atoms with Gasteiger partial charge in [-0.05, 0) is 56.3 Å². The fourth-order valence-corrected chi connectivity index (χ4v) is 6.39. The van der Waals surface area contributed by atoms with Crippen LogP contribution < -0.4 is 0 Å². The Morgan fingerprint density at radius 1 is 1.12 bits per heavy atom. The highest BCUT2D eigenvalue weighted by atomic mass is 16.3. The largest absolute Gasteiger partial charge is 0.396 e. The second-order valence-electron chi connectivity index (χ2n) is 9.29. The first-order valence-corrected chi connectivity index (χ1v) is 9.50. The second kappa shape index (κ2) is 5.80. The summed E-state index contributed by atoms with van der Waals surface area (Å²) in [5.41, 5.74) is -0.456. The van der Waals surface area contributed by atoms with Crippen LogP contribution in [0.15, 0.2) is 11.6 Å². The molecule has 0 aromatic carbocycles. The van der Waals surface area contributed by atoms with Crippen molar-refractivity contribution >= 4 is 0 Å². The van der Waals surface area contributed by atoms with Gasteiger partial charge in [-0.25, -0.2) is 0 Å². The maximum absolute atomic E-state index is 11.0. The summed E-state index contributed by atoms with van der Waals surface area (Å²) in [6.07, 6.45) is 4.47. The molecule has 0 saturated heterocycles. The summed E-state index contributed by atoms with van der Waals surface area (Å²) in [6.45, 7) is 8.41. The van der Waals surface area contributed by atoms with Crippen molar-refractivity contribution in [3.05, 3.63) is 11.6 Å². The molecular formula is C20H34O4. The van der Waals surface area contributed by atoms with E-state index >= 15 is 0 Å². The van der Waals surface area contributed by atoms with Crippen molar-refractivity contribution in [3.8, 4) is 0 Å². The highest BCUT2D eigenvalue weighted by Gasteiger charge is 2.63. The minimum absolute atomic E-state index is 0.126. The number of fused-ring (bicyclic) bond motifs is 3. The van der Waals surface area contributed by atoms with Crippen LogP contribution in [0.1, 0.15) is 59.8 Å². The highest BCUT2D eigenvalue weighted by Crippen LogP contribution is 2.64. The molecule has 0 aromatic rings. The maximum Gasteiger partial charge on any atom is 0.0785 e. The molecule has 0 aliphatic heterocycles. The standard InChI is InChI=1S/C20H34O4/c1-12-5-6-13-14(18(12,2)9-10-21)11-15(22)17-19(3,24)8-7-16(23)20(13,17)4/h11-13,15-17,21-24H,5-10H2,1-4H3/t12-,13+,15+,16-,17-,18+,19+,20+/m1/s1. The van der Waals surface area contributed by atoms with Crippen molar-refractivity contribution in [3.63, 3.8) is 0 Å². The van der Waals surface area contributed by atoms with Gasteiger partial charge in [0.25, 0.3) is 0 Å². The van der Waals surface area contributed by atoms with Crippen LogP contribution >= 0.6 is 0 Å². The number of aliphatic hydroxyl groups excluding tert-OH is 3. The molecule has 3 rings (SSSR count). The number of hydrogen-bond acceptors (Lipinski definition) is 4. The van der Waals surface area contributed by atoms with Crippen molar-refractivity contribution in [2.45, 2.75) is 77.6 Å². The van der Waals surface area contributed by atoms with E-state index in [-0.39, 0.29) is 23.9 Å². The Balaban J connectivity index is 2.13. The summed E-state index contributed by atoms with van der Waals surface area (Å²) >= 11 is 0. The Morgan fingerprint density at radius 2 is 1.79 bits per heavy atom. The summed E-state index contributed by atoms with van der Waals surface area (Å²) in [7, 11) is 0. The molecule has 4 N–H and O–H groups in total. The third kappa shape index (κ3) is 2.33. The average Bonchev–Trinajstić information content (AvgIpc) is 2.48. The van der Waals surface area contributed by atoms with E-state index in [1.54, 1.807) is 0 Å². The highest BCUT2D eigenvalue weighted by molar-refractivity contribution is 5.32. The lowest BCUT2D eigenvalue weighted by atomic mass is 9.44. The normalized spacial score (nSPS) is 54.7. The molecule has 0 spiro atoms. The first-order chi connectivity index (χ1) is 11.1. The van der Waals surface area contributed by atoms with Crippen molar-refractivity contribution in [2.24, 2.45) is 28.6 Å². The zero-order chi connectivity index (χ0) is 17.9. The smallest absolute Gasteiger partial charge is 0.0785 e. The quantitative estimate of drug-likeness (QED) is 0.582. The van der Waals surface area contributed by atoms with E-state index in [4.69, 9.17) is 0 Å². The molecule has 0 bridgehead atoms. The Bertz CT molecular complexity index is 528. The van der Waals surface area contributed by atoms with Crippen LogP contribution in [-0.2, 0) is 0 Å². The molecule has 2 saturated carbocycles. The summed E-state index contributed by atoms with van der Waals surface area (Å²) in [5, 5.41) is 42.4. The molecule has 4 heteroatoms. The van der Waals surface area contributed by atoms with Gasteiger partial charge in [-0.3, -0.25) is 0 Å². The summed E-state index contributed by atoms with van der Waals surface area (Å²) in [5.74, 6) is 0.232. The lowest BCUT2D eigenvalue weighted by molar-refractivity contribution is -0.205. The van der Waals surface area contributed by atoms with E-state index in [9.17, 15) is 20.4 Å². The van der Waals surface area contributed by atoms with E-state index in [1.807, 2.05) is 13.0 Å². The van der Waals surface area contributed by atoms with E-state index < -0.39 is 23.2 Å². The topological polar surface area (TPSA) is 80.9 Å². The molecule has 0 unspecified atom stereocenters. The van der Waals surface area contributed by atoms with Gasteiger partial charge in [-0.2, -0.15) is 0 Å². The fourth-order valence-electron chi connectivity index (χ4n) is 6.39. The summed E-state index contributed by atoms with van der Waals surface area (Å²) in [4.78, 5) is 0. The molecule has 0 amide bonds. The molecule has 0 heterocycles. The average molecular weight is 338 g/mol. The molecule has 3 aliphatic rings. The van der Waals surface area contributed by atoms with Gasteiger partial charge in [0, 0.05) is 17.9 Å². The number of rotatable bonds is 2. The van der Waals surface area contributed by atoms with Crippen LogP contribution in [0, 0.1) is 28.6 Å². The first kappa shape index (κ1) is 18.4. The Hall–Kier alpha value is -0.420. The van der Waals surface area contributed by atoms with Crippen molar-refractivity contribution < 1.29 is 20.4 Å². The molecule has 0 radical (unpaired) electrons. The van der Waals surface area contributed by atoms with Crippen molar-refractivity contribution in [1.82, 2.24) is 0 Å². The summed E-state index contributed by atoms with van der Waals surface area (Å²) in [6, 6.07) is 0. The zero-order valence-electron chi connectivity index (χ0n) is 15.5. The molecule has 2 fully saturated rings. The first-order valence-electron chi connectivity index (χ1n) is 9.50. The summed E-state index contributed by atoms with van der Waals surface area (Å²) < 4.78 is 0. The van der Waals surface area contributed by atoms with Crippen LogP contribution in [0.25, 0.3) is 0 Å². The van der Waals surface area contributed by atoms with Crippen LogP contribution in [-0.4, -0.2) is 44.8 Å². The minimum atomic E-state index is -0.966. The Morgan fingerprint density at radius 3 is 2.42 bits per heavy atom. The third-order valence-corrected chi connectivity index (χ3v) is 8.07. The van der Waals surface area contributed by atoms with Gasteiger partial charge < -0.3 is 20.4 Å². The molecule has 138 valence electrons. The van der Waals surface area contributed by atoms with Gasteiger partial charge in [-0.1, -0.05) is 32.4 Å². The van der Waals surface area contributed by atoms with Gasteiger partial charge in [-0.15, -0.1) is 0 Å². The van der Waals surface area contributed by atoms with Gasteiger partial charge in [0.05, 0.1) is 17.8 Å². The number of aliphatic hydroxyl groups is 4.